The Bertz CT molecular complexity index is 573. The second-order valence-corrected chi connectivity index (χ2v) is 7.23. The first-order valence-corrected chi connectivity index (χ1v) is 9.70. The molecule has 1 heterocycles. The Kier molecular flexibility index (Phi) is 6.65. The molecular formula is C21H31N3O. The number of nitrogens with one attached hydrogen (secondary N) is 1. The van der Waals surface area contributed by atoms with Gasteiger partial charge in [-0.3, -0.25) is 9.69 Å². The number of benzene rings is 1. The summed E-state index contributed by atoms with van der Waals surface area (Å²) in [6.07, 6.45) is 7.19. The standard InChI is InChI=1S/C21H31N3O/c1-2-23-12-14-24(15-13-23)17-19-10-8-18(9-11-19)16-22-21(25)20-6-4-3-5-7-20/h3-4,8-11,20H,2,5-7,12-17H2,1H3,(H,22,25)/t20-/m0/s1. The number of likely N-dealkylation sites (N-methyl/N-ethyl adjacent to an activating group) is 1. The van der Waals surface area contributed by atoms with Gasteiger partial charge in [-0.2, -0.15) is 0 Å². The van der Waals surface area contributed by atoms with Gasteiger partial charge in [-0.15, -0.1) is 0 Å². The van der Waals surface area contributed by atoms with Gasteiger partial charge in [0.15, 0.2) is 0 Å². The second kappa shape index (κ2) is 9.16. The number of hydrogen-bond donors (Lipinski definition) is 1. The van der Waals surface area contributed by atoms with Crippen LogP contribution in [0.1, 0.15) is 37.3 Å². The summed E-state index contributed by atoms with van der Waals surface area (Å²) >= 11 is 0. The van der Waals surface area contributed by atoms with Crippen LogP contribution in [0.4, 0.5) is 0 Å². The van der Waals surface area contributed by atoms with Gasteiger partial charge in [0.1, 0.15) is 0 Å². The van der Waals surface area contributed by atoms with Crippen molar-refractivity contribution in [2.24, 2.45) is 5.92 Å². The predicted octanol–water partition coefficient (Wildman–Crippen LogP) is 2.80. The van der Waals surface area contributed by atoms with Gasteiger partial charge in [0.05, 0.1) is 0 Å². The van der Waals surface area contributed by atoms with Crippen LogP contribution in [-0.4, -0.2) is 48.4 Å². The first kappa shape index (κ1) is 18.2. The number of hydrogen-bond acceptors (Lipinski definition) is 3. The smallest absolute Gasteiger partial charge is 0.223 e. The van der Waals surface area contributed by atoms with E-state index in [1.54, 1.807) is 0 Å². The van der Waals surface area contributed by atoms with Gasteiger partial charge in [0.2, 0.25) is 5.91 Å². The zero-order valence-electron chi connectivity index (χ0n) is 15.4. The molecule has 1 saturated heterocycles. The Balaban J connectivity index is 1.42. The molecule has 1 aliphatic heterocycles. The van der Waals surface area contributed by atoms with Gasteiger partial charge in [0, 0.05) is 45.2 Å². The van der Waals surface area contributed by atoms with Gasteiger partial charge in [-0.25, -0.2) is 0 Å². The molecule has 1 amide bonds. The quantitative estimate of drug-likeness (QED) is 0.808. The van der Waals surface area contributed by atoms with Crippen molar-refractivity contribution in [2.45, 2.75) is 39.3 Å². The Morgan fingerprint density at radius 2 is 1.72 bits per heavy atom. The molecule has 0 spiro atoms. The maximum atomic E-state index is 12.2. The molecule has 136 valence electrons. The predicted molar refractivity (Wildman–Crippen MR) is 102 cm³/mol. The summed E-state index contributed by atoms with van der Waals surface area (Å²) in [6.45, 7) is 9.72. The highest BCUT2D eigenvalue weighted by atomic mass is 16.1. The zero-order valence-corrected chi connectivity index (χ0v) is 15.4. The summed E-state index contributed by atoms with van der Waals surface area (Å²) in [5.74, 6) is 0.355. The summed E-state index contributed by atoms with van der Waals surface area (Å²) in [6, 6.07) is 8.71. The second-order valence-electron chi connectivity index (χ2n) is 7.23. The third-order valence-electron chi connectivity index (χ3n) is 5.45. The van der Waals surface area contributed by atoms with E-state index in [1.807, 2.05) is 0 Å². The van der Waals surface area contributed by atoms with Crippen LogP contribution in [0.2, 0.25) is 0 Å². The van der Waals surface area contributed by atoms with Crippen molar-refractivity contribution in [1.82, 2.24) is 15.1 Å². The Labute approximate surface area is 151 Å². The van der Waals surface area contributed by atoms with Gasteiger partial charge in [0.25, 0.3) is 0 Å². The van der Waals surface area contributed by atoms with E-state index in [4.69, 9.17) is 0 Å². The van der Waals surface area contributed by atoms with Crippen LogP contribution in [0.3, 0.4) is 0 Å². The average Bonchev–Trinajstić information content (AvgIpc) is 2.68. The number of amides is 1. The Morgan fingerprint density at radius 1 is 1.04 bits per heavy atom. The van der Waals surface area contributed by atoms with Crippen LogP contribution in [0.15, 0.2) is 36.4 Å². The lowest BCUT2D eigenvalue weighted by molar-refractivity contribution is -0.125. The van der Waals surface area contributed by atoms with E-state index in [1.165, 1.54) is 24.2 Å². The van der Waals surface area contributed by atoms with Crippen LogP contribution >= 0.6 is 0 Å². The first-order valence-electron chi connectivity index (χ1n) is 9.70. The van der Waals surface area contributed by atoms with E-state index in [0.29, 0.717) is 6.54 Å². The molecule has 4 nitrogen and oxygen atoms in total. The normalized spacial score (nSPS) is 22.0. The fourth-order valence-corrected chi connectivity index (χ4v) is 3.65. The van der Waals surface area contributed by atoms with E-state index >= 15 is 0 Å². The molecule has 1 aliphatic carbocycles. The minimum atomic E-state index is 0.158. The fourth-order valence-electron chi connectivity index (χ4n) is 3.65. The van der Waals surface area contributed by atoms with Crippen molar-refractivity contribution in [3.8, 4) is 0 Å². The lowest BCUT2D eigenvalue weighted by Gasteiger charge is -2.34. The Hall–Kier alpha value is -1.65. The molecule has 3 rings (SSSR count). The molecule has 1 atom stereocenters. The fraction of sp³-hybridized carbons (Fsp3) is 0.571. The molecule has 25 heavy (non-hydrogen) atoms. The molecule has 1 aromatic carbocycles. The molecule has 1 fully saturated rings. The van der Waals surface area contributed by atoms with Crippen LogP contribution in [0, 0.1) is 5.92 Å². The largest absolute Gasteiger partial charge is 0.352 e. The maximum Gasteiger partial charge on any atom is 0.223 e. The zero-order chi connectivity index (χ0) is 17.5. The van der Waals surface area contributed by atoms with Crippen molar-refractivity contribution < 1.29 is 4.79 Å². The third-order valence-corrected chi connectivity index (χ3v) is 5.45. The maximum absolute atomic E-state index is 12.2. The molecule has 0 unspecified atom stereocenters. The minimum absolute atomic E-state index is 0.158. The van der Waals surface area contributed by atoms with E-state index in [2.05, 4.69) is 58.5 Å². The third kappa shape index (κ3) is 5.41. The first-order chi connectivity index (χ1) is 12.2. The molecule has 2 aliphatic rings. The van der Waals surface area contributed by atoms with E-state index in [-0.39, 0.29) is 11.8 Å². The molecule has 4 heteroatoms. The lowest BCUT2D eigenvalue weighted by atomic mass is 9.93. The van der Waals surface area contributed by atoms with Crippen molar-refractivity contribution >= 4 is 5.91 Å². The van der Waals surface area contributed by atoms with Crippen molar-refractivity contribution in [1.29, 1.82) is 0 Å². The van der Waals surface area contributed by atoms with E-state index in [9.17, 15) is 4.79 Å². The van der Waals surface area contributed by atoms with Gasteiger partial charge in [-0.1, -0.05) is 43.3 Å². The Morgan fingerprint density at radius 3 is 2.36 bits per heavy atom. The summed E-state index contributed by atoms with van der Waals surface area (Å²) in [5.41, 5.74) is 2.54. The highest BCUT2D eigenvalue weighted by Crippen LogP contribution is 2.18. The molecule has 0 bridgehead atoms. The summed E-state index contributed by atoms with van der Waals surface area (Å²) < 4.78 is 0. The number of carbonyl (C=O) groups excluding carboxylic acids is 1. The van der Waals surface area contributed by atoms with Crippen LogP contribution in [0.25, 0.3) is 0 Å². The molecule has 0 saturated carbocycles. The number of carbonyl (C=O) groups is 1. The number of allylic oxidation sites excluding steroid dienone is 2. The van der Waals surface area contributed by atoms with E-state index in [0.717, 1.165) is 45.4 Å². The van der Waals surface area contributed by atoms with Gasteiger partial charge < -0.3 is 10.2 Å². The van der Waals surface area contributed by atoms with E-state index < -0.39 is 0 Å². The number of piperazine rings is 1. The lowest BCUT2D eigenvalue weighted by Crippen LogP contribution is -2.45. The van der Waals surface area contributed by atoms with Crippen molar-refractivity contribution in [3.63, 3.8) is 0 Å². The van der Waals surface area contributed by atoms with Crippen LogP contribution in [0.5, 0.6) is 0 Å². The molecule has 0 aromatic heterocycles. The number of rotatable bonds is 6. The van der Waals surface area contributed by atoms with Crippen molar-refractivity contribution in [3.05, 3.63) is 47.5 Å². The monoisotopic (exact) mass is 341 g/mol. The SMILES string of the molecule is CCN1CCN(Cc2ccc(CNC(=O)[C@H]3CC=CCC3)cc2)CC1. The highest BCUT2D eigenvalue weighted by Gasteiger charge is 2.18. The average molecular weight is 341 g/mol. The topological polar surface area (TPSA) is 35.6 Å². The molecular weight excluding hydrogens is 310 g/mol. The molecule has 0 radical (unpaired) electrons. The molecule has 1 N–H and O–H groups in total. The van der Waals surface area contributed by atoms with Crippen molar-refractivity contribution in [2.75, 3.05) is 32.7 Å². The van der Waals surface area contributed by atoms with Crippen LogP contribution < -0.4 is 5.32 Å². The number of nitrogens with zero attached hydrogens (tertiary/aromatic N) is 2. The summed E-state index contributed by atoms with van der Waals surface area (Å²) in [7, 11) is 0. The van der Waals surface area contributed by atoms with Gasteiger partial charge >= 0.3 is 0 Å². The minimum Gasteiger partial charge on any atom is -0.352 e. The van der Waals surface area contributed by atoms with Crippen LogP contribution in [-0.2, 0) is 17.9 Å². The molecule has 1 aromatic rings. The summed E-state index contributed by atoms with van der Waals surface area (Å²) in [4.78, 5) is 17.2. The summed E-state index contributed by atoms with van der Waals surface area (Å²) in [5, 5.41) is 3.09. The van der Waals surface area contributed by atoms with Gasteiger partial charge in [-0.05, 0) is 36.9 Å². The highest BCUT2D eigenvalue weighted by molar-refractivity contribution is 5.78.